The zero-order valence-corrected chi connectivity index (χ0v) is 9.95. The molecule has 0 radical (unpaired) electrons. The minimum Gasteiger partial charge on any atom is -0.377 e. The predicted molar refractivity (Wildman–Crippen MR) is 62.1 cm³/mol. The monoisotopic (exact) mass is 212 g/mol. The molecule has 88 valence electrons. The molecular weight excluding hydrogens is 188 g/mol. The minimum absolute atomic E-state index is 0.530. The van der Waals surface area contributed by atoms with Crippen LogP contribution in [0.2, 0.25) is 0 Å². The number of ether oxygens (including phenoxy) is 1. The van der Waals surface area contributed by atoms with Crippen molar-refractivity contribution in [2.24, 2.45) is 0 Å². The molecule has 0 aromatic carbocycles. The van der Waals surface area contributed by atoms with E-state index >= 15 is 0 Å². The lowest BCUT2D eigenvalue weighted by Gasteiger charge is -2.35. The summed E-state index contributed by atoms with van der Waals surface area (Å²) >= 11 is 0. The smallest absolute Gasteiger partial charge is 0.0702 e. The van der Waals surface area contributed by atoms with Gasteiger partial charge in [-0.3, -0.25) is 4.90 Å². The summed E-state index contributed by atoms with van der Waals surface area (Å²) in [5.74, 6) is 0. The van der Waals surface area contributed by atoms with Crippen LogP contribution < -0.4 is 0 Å². The topological polar surface area (TPSA) is 15.7 Å². The van der Waals surface area contributed by atoms with Gasteiger partial charge in [0, 0.05) is 39.3 Å². The predicted octanol–water partition coefficient (Wildman–Crippen LogP) is 1.19. The number of hydrogen-bond donors (Lipinski definition) is 0. The lowest BCUT2D eigenvalue weighted by Crippen LogP contribution is -2.48. The SMILES string of the molecule is CCCN1CCN(CC2CCCO2)CC1. The second kappa shape index (κ2) is 5.83. The van der Waals surface area contributed by atoms with Crippen molar-refractivity contribution in [1.29, 1.82) is 0 Å². The van der Waals surface area contributed by atoms with Gasteiger partial charge in [-0.25, -0.2) is 0 Å². The van der Waals surface area contributed by atoms with E-state index in [-0.39, 0.29) is 0 Å². The van der Waals surface area contributed by atoms with Crippen LogP contribution in [0.4, 0.5) is 0 Å². The van der Waals surface area contributed by atoms with Crippen molar-refractivity contribution in [3.05, 3.63) is 0 Å². The maximum absolute atomic E-state index is 5.67. The quantitative estimate of drug-likeness (QED) is 0.696. The summed E-state index contributed by atoms with van der Waals surface area (Å²) in [4.78, 5) is 5.15. The fraction of sp³-hybridized carbons (Fsp3) is 1.00. The van der Waals surface area contributed by atoms with Crippen molar-refractivity contribution < 1.29 is 4.74 Å². The average Bonchev–Trinajstić information content (AvgIpc) is 2.74. The van der Waals surface area contributed by atoms with Crippen LogP contribution >= 0.6 is 0 Å². The van der Waals surface area contributed by atoms with Crippen molar-refractivity contribution >= 4 is 0 Å². The fourth-order valence-corrected chi connectivity index (χ4v) is 2.59. The molecular formula is C12H24N2O. The number of rotatable bonds is 4. The molecule has 2 heterocycles. The van der Waals surface area contributed by atoms with Crippen LogP contribution in [0.5, 0.6) is 0 Å². The Morgan fingerprint density at radius 3 is 2.47 bits per heavy atom. The Labute approximate surface area is 93.4 Å². The molecule has 2 fully saturated rings. The van der Waals surface area contributed by atoms with Gasteiger partial charge in [-0.2, -0.15) is 0 Å². The molecule has 0 spiro atoms. The Morgan fingerprint density at radius 2 is 1.87 bits per heavy atom. The Balaban J connectivity index is 1.64. The van der Waals surface area contributed by atoms with Gasteiger partial charge in [0.15, 0.2) is 0 Å². The molecule has 0 aromatic rings. The zero-order chi connectivity index (χ0) is 10.5. The van der Waals surface area contributed by atoms with Gasteiger partial charge in [0.1, 0.15) is 0 Å². The summed E-state index contributed by atoms with van der Waals surface area (Å²) in [7, 11) is 0. The highest BCUT2D eigenvalue weighted by Crippen LogP contribution is 2.14. The van der Waals surface area contributed by atoms with Crippen LogP contribution in [-0.4, -0.2) is 61.8 Å². The Bertz CT molecular complexity index is 172. The molecule has 0 saturated carbocycles. The molecule has 15 heavy (non-hydrogen) atoms. The third-order valence-corrected chi connectivity index (χ3v) is 3.49. The second-order valence-corrected chi connectivity index (χ2v) is 4.78. The van der Waals surface area contributed by atoms with Crippen LogP contribution in [0.15, 0.2) is 0 Å². The van der Waals surface area contributed by atoms with Gasteiger partial charge >= 0.3 is 0 Å². The van der Waals surface area contributed by atoms with Gasteiger partial charge in [-0.15, -0.1) is 0 Å². The Morgan fingerprint density at radius 1 is 1.13 bits per heavy atom. The van der Waals surface area contributed by atoms with Gasteiger partial charge in [0.25, 0.3) is 0 Å². The molecule has 1 unspecified atom stereocenters. The number of hydrogen-bond acceptors (Lipinski definition) is 3. The highest BCUT2D eigenvalue weighted by molar-refractivity contribution is 4.76. The van der Waals surface area contributed by atoms with E-state index in [4.69, 9.17) is 4.74 Å². The van der Waals surface area contributed by atoms with Gasteiger partial charge in [-0.1, -0.05) is 6.92 Å². The fourth-order valence-electron chi connectivity index (χ4n) is 2.59. The molecule has 2 aliphatic heterocycles. The number of nitrogens with zero attached hydrogens (tertiary/aromatic N) is 2. The molecule has 0 bridgehead atoms. The first-order valence-electron chi connectivity index (χ1n) is 6.45. The average molecular weight is 212 g/mol. The van der Waals surface area contributed by atoms with Gasteiger partial charge < -0.3 is 9.64 Å². The lowest BCUT2D eigenvalue weighted by atomic mass is 10.2. The van der Waals surface area contributed by atoms with Crippen molar-refractivity contribution in [2.45, 2.75) is 32.3 Å². The highest BCUT2D eigenvalue weighted by Gasteiger charge is 2.22. The summed E-state index contributed by atoms with van der Waals surface area (Å²) in [6, 6.07) is 0. The molecule has 2 rings (SSSR count). The van der Waals surface area contributed by atoms with Crippen molar-refractivity contribution in [2.75, 3.05) is 45.9 Å². The Hall–Kier alpha value is -0.120. The summed E-state index contributed by atoms with van der Waals surface area (Å²) in [5.41, 5.74) is 0. The molecule has 3 nitrogen and oxygen atoms in total. The van der Waals surface area contributed by atoms with Crippen molar-refractivity contribution in [3.63, 3.8) is 0 Å². The summed E-state index contributed by atoms with van der Waals surface area (Å²) in [5, 5.41) is 0. The summed E-state index contributed by atoms with van der Waals surface area (Å²) in [6.45, 7) is 10.7. The van der Waals surface area contributed by atoms with Gasteiger partial charge in [-0.05, 0) is 25.8 Å². The van der Waals surface area contributed by atoms with E-state index in [2.05, 4.69) is 16.7 Å². The first-order valence-corrected chi connectivity index (χ1v) is 6.45. The highest BCUT2D eigenvalue weighted by atomic mass is 16.5. The zero-order valence-electron chi connectivity index (χ0n) is 9.95. The molecule has 2 saturated heterocycles. The second-order valence-electron chi connectivity index (χ2n) is 4.78. The summed E-state index contributed by atoms with van der Waals surface area (Å²) in [6.07, 6.45) is 4.35. The molecule has 2 aliphatic rings. The molecule has 0 amide bonds. The third-order valence-electron chi connectivity index (χ3n) is 3.49. The molecule has 0 aromatic heterocycles. The van der Waals surface area contributed by atoms with Crippen molar-refractivity contribution in [3.8, 4) is 0 Å². The minimum atomic E-state index is 0.530. The van der Waals surface area contributed by atoms with E-state index in [9.17, 15) is 0 Å². The van der Waals surface area contributed by atoms with Crippen LogP contribution in [0.3, 0.4) is 0 Å². The van der Waals surface area contributed by atoms with E-state index < -0.39 is 0 Å². The molecule has 3 heteroatoms. The van der Waals surface area contributed by atoms with Crippen LogP contribution in [0, 0.1) is 0 Å². The first kappa shape index (κ1) is 11.4. The normalized spacial score (nSPS) is 29.8. The van der Waals surface area contributed by atoms with Crippen molar-refractivity contribution in [1.82, 2.24) is 9.80 Å². The van der Waals surface area contributed by atoms with Crippen LogP contribution in [0.1, 0.15) is 26.2 Å². The van der Waals surface area contributed by atoms with E-state index in [1.807, 2.05) is 0 Å². The van der Waals surface area contributed by atoms with E-state index in [1.165, 1.54) is 58.5 Å². The van der Waals surface area contributed by atoms with E-state index in [0.29, 0.717) is 6.10 Å². The van der Waals surface area contributed by atoms with Crippen LogP contribution in [0.25, 0.3) is 0 Å². The van der Waals surface area contributed by atoms with Crippen LogP contribution in [-0.2, 0) is 4.74 Å². The largest absolute Gasteiger partial charge is 0.377 e. The maximum atomic E-state index is 5.67. The molecule has 0 aliphatic carbocycles. The Kier molecular flexibility index (Phi) is 4.42. The lowest BCUT2D eigenvalue weighted by molar-refractivity contribution is 0.0505. The first-order chi connectivity index (χ1) is 7.38. The van der Waals surface area contributed by atoms with Gasteiger partial charge in [0.2, 0.25) is 0 Å². The third kappa shape index (κ3) is 3.44. The van der Waals surface area contributed by atoms with Gasteiger partial charge in [0.05, 0.1) is 6.10 Å². The standard InChI is InChI=1S/C12H24N2O/c1-2-5-13-6-8-14(9-7-13)11-12-4-3-10-15-12/h12H,2-11H2,1H3. The molecule has 0 N–H and O–H groups in total. The van der Waals surface area contributed by atoms with E-state index in [1.54, 1.807) is 0 Å². The van der Waals surface area contributed by atoms with E-state index in [0.717, 1.165) is 6.61 Å². The maximum Gasteiger partial charge on any atom is 0.0702 e. The summed E-state index contributed by atoms with van der Waals surface area (Å²) < 4.78 is 5.67. The number of piperazine rings is 1. The molecule has 1 atom stereocenters.